The number of likely N-dealkylation sites (N-methyl/N-ethyl adjacent to an activating group) is 1. The monoisotopic (exact) mass is 357 g/mol. The number of hydrogen-bond donors (Lipinski definition) is 1. The molecule has 1 fully saturated rings. The van der Waals surface area contributed by atoms with Crippen molar-refractivity contribution < 1.29 is 9.90 Å². The Morgan fingerprint density at radius 3 is 2.96 bits per heavy atom. The van der Waals surface area contributed by atoms with Crippen LogP contribution in [0.1, 0.15) is 25.7 Å². The highest BCUT2D eigenvalue weighted by atomic mass is 16.3. The highest BCUT2D eigenvalue weighted by Gasteiger charge is 2.35. The smallest absolute Gasteiger partial charge is 0.222 e. The van der Waals surface area contributed by atoms with Gasteiger partial charge in [-0.15, -0.1) is 0 Å². The number of aliphatic hydroxyl groups is 1. The second kappa shape index (κ2) is 8.31. The average molecular weight is 357 g/mol. The van der Waals surface area contributed by atoms with Gasteiger partial charge in [-0.2, -0.15) is 5.10 Å². The second-order valence-electron chi connectivity index (χ2n) is 7.06. The van der Waals surface area contributed by atoms with Crippen LogP contribution in [0.2, 0.25) is 0 Å². The van der Waals surface area contributed by atoms with Gasteiger partial charge in [-0.05, 0) is 37.5 Å². The van der Waals surface area contributed by atoms with Crippen molar-refractivity contribution in [2.75, 3.05) is 31.6 Å². The molecule has 26 heavy (non-hydrogen) atoms. The van der Waals surface area contributed by atoms with Crippen molar-refractivity contribution in [3.8, 4) is 0 Å². The highest BCUT2D eigenvalue weighted by Crippen LogP contribution is 2.25. The quantitative estimate of drug-likeness (QED) is 0.814. The summed E-state index contributed by atoms with van der Waals surface area (Å²) in [5.41, 5.74) is -0.901. The predicted molar refractivity (Wildman–Crippen MR) is 99.7 cm³/mol. The molecule has 1 amide bonds. The van der Waals surface area contributed by atoms with Gasteiger partial charge in [0.05, 0.1) is 12.1 Å². The molecule has 1 N–H and O–H groups in total. The molecule has 0 bridgehead atoms. The van der Waals surface area contributed by atoms with E-state index in [0.29, 0.717) is 25.9 Å². The van der Waals surface area contributed by atoms with Crippen LogP contribution < -0.4 is 4.90 Å². The van der Waals surface area contributed by atoms with Crippen molar-refractivity contribution in [1.82, 2.24) is 19.7 Å². The van der Waals surface area contributed by atoms with Crippen molar-refractivity contribution in [2.24, 2.45) is 0 Å². The summed E-state index contributed by atoms with van der Waals surface area (Å²) in [5.74, 6) is 0.930. The zero-order chi connectivity index (χ0) is 18.4. The number of nitrogens with zero attached hydrogens (tertiary/aromatic N) is 5. The van der Waals surface area contributed by atoms with Crippen LogP contribution in [0.25, 0.3) is 0 Å². The zero-order valence-corrected chi connectivity index (χ0v) is 15.3. The van der Waals surface area contributed by atoms with E-state index in [1.807, 2.05) is 35.1 Å². The molecule has 7 nitrogen and oxygen atoms in total. The van der Waals surface area contributed by atoms with Crippen molar-refractivity contribution >= 4 is 11.7 Å². The van der Waals surface area contributed by atoms with Crippen molar-refractivity contribution in [1.29, 1.82) is 0 Å². The Bertz CT molecular complexity index is 691. The van der Waals surface area contributed by atoms with E-state index in [-0.39, 0.29) is 5.91 Å². The summed E-state index contributed by atoms with van der Waals surface area (Å²) in [6, 6.07) is 7.66. The molecule has 1 aliphatic heterocycles. The Kier molecular flexibility index (Phi) is 5.88. The number of aryl methyl sites for hydroxylation is 1. The van der Waals surface area contributed by atoms with E-state index >= 15 is 0 Å². The van der Waals surface area contributed by atoms with Crippen molar-refractivity contribution in [3.63, 3.8) is 0 Å². The first-order valence-electron chi connectivity index (χ1n) is 9.15. The molecule has 2 aromatic heterocycles. The van der Waals surface area contributed by atoms with Crippen molar-refractivity contribution in [2.45, 2.75) is 37.8 Å². The van der Waals surface area contributed by atoms with E-state index in [1.54, 1.807) is 24.3 Å². The minimum absolute atomic E-state index is 0.0561. The molecule has 1 atom stereocenters. The maximum Gasteiger partial charge on any atom is 0.222 e. The van der Waals surface area contributed by atoms with Crippen LogP contribution in [0.5, 0.6) is 0 Å². The molecule has 1 saturated heterocycles. The number of anilines is 1. The Morgan fingerprint density at radius 1 is 1.35 bits per heavy atom. The van der Waals surface area contributed by atoms with Crippen LogP contribution in [0.3, 0.4) is 0 Å². The molecule has 1 aliphatic rings. The van der Waals surface area contributed by atoms with Crippen LogP contribution in [0.15, 0.2) is 42.9 Å². The van der Waals surface area contributed by atoms with Crippen molar-refractivity contribution in [3.05, 3.63) is 42.9 Å². The predicted octanol–water partition coefficient (Wildman–Crippen LogP) is 1.55. The molecular formula is C19H27N5O2. The third-order valence-electron chi connectivity index (χ3n) is 4.82. The molecule has 0 saturated carbocycles. The fourth-order valence-electron chi connectivity index (χ4n) is 3.52. The molecule has 140 valence electrons. The lowest BCUT2D eigenvalue weighted by molar-refractivity contribution is -0.133. The maximum absolute atomic E-state index is 12.4. The SMILES string of the molecule is CN(CC1(O)CCCN(c2ccccn2)C1)C(=O)CCCn1cccn1. The van der Waals surface area contributed by atoms with E-state index in [4.69, 9.17) is 0 Å². The molecule has 2 aromatic rings. The molecule has 0 spiro atoms. The van der Waals surface area contributed by atoms with Crippen LogP contribution in [0.4, 0.5) is 5.82 Å². The molecule has 0 aliphatic carbocycles. The van der Waals surface area contributed by atoms with E-state index < -0.39 is 5.60 Å². The summed E-state index contributed by atoms with van der Waals surface area (Å²) in [7, 11) is 1.77. The third-order valence-corrected chi connectivity index (χ3v) is 4.82. The van der Waals surface area contributed by atoms with Crippen LogP contribution in [-0.4, -0.2) is 63.0 Å². The summed E-state index contributed by atoms with van der Waals surface area (Å²) >= 11 is 0. The number of rotatable bonds is 7. The van der Waals surface area contributed by atoms with E-state index in [1.165, 1.54) is 0 Å². The Labute approximate surface area is 154 Å². The van der Waals surface area contributed by atoms with Gasteiger partial charge in [0, 0.05) is 51.7 Å². The highest BCUT2D eigenvalue weighted by molar-refractivity contribution is 5.75. The number of aromatic nitrogens is 3. The Hall–Kier alpha value is -2.41. The molecule has 1 unspecified atom stereocenters. The van der Waals surface area contributed by atoms with Gasteiger partial charge in [0.2, 0.25) is 5.91 Å². The summed E-state index contributed by atoms with van der Waals surface area (Å²) in [6.45, 7) is 2.44. The van der Waals surface area contributed by atoms with E-state index in [0.717, 1.165) is 31.7 Å². The zero-order valence-electron chi connectivity index (χ0n) is 15.3. The molecule has 0 radical (unpaired) electrons. The van der Waals surface area contributed by atoms with Gasteiger partial charge in [-0.1, -0.05) is 6.07 Å². The standard InChI is InChI=1S/C19H27N5O2/c1-22(18(25)8-4-13-24-14-6-11-21-24)15-19(26)9-5-12-23(16-19)17-7-2-3-10-20-17/h2-3,6-7,10-11,14,26H,4-5,8-9,12-13,15-16H2,1H3. The van der Waals surface area contributed by atoms with Gasteiger partial charge in [-0.25, -0.2) is 4.98 Å². The van der Waals surface area contributed by atoms with Gasteiger partial charge in [0.25, 0.3) is 0 Å². The molecule has 7 heteroatoms. The molecule has 3 rings (SSSR count). The Morgan fingerprint density at radius 2 is 2.23 bits per heavy atom. The summed E-state index contributed by atoms with van der Waals surface area (Å²) in [6.07, 6.45) is 8.17. The average Bonchev–Trinajstić information content (AvgIpc) is 3.15. The number of carbonyl (C=O) groups excluding carboxylic acids is 1. The fraction of sp³-hybridized carbons (Fsp3) is 0.526. The van der Waals surface area contributed by atoms with E-state index in [9.17, 15) is 9.90 Å². The normalized spacial score (nSPS) is 20.2. The summed E-state index contributed by atoms with van der Waals surface area (Å²) < 4.78 is 1.83. The van der Waals surface area contributed by atoms with Crippen LogP contribution in [0, 0.1) is 0 Å². The first kappa shape index (κ1) is 18.4. The molecule has 0 aromatic carbocycles. The number of hydrogen-bond acceptors (Lipinski definition) is 5. The van der Waals surface area contributed by atoms with Gasteiger partial charge in [-0.3, -0.25) is 9.48 Å². The third kappa shape index (κ3) is 4.82. The molecule has 3 heterocycles. The molecular weight excluding hydrogens is 330 g/mol. The first-order valence-corrected chi connectivity index (χ1v) is 9.15. The van der Waals surface area contributed by atoms with Crippen LogP contribution >= 0.6 is 0 Å². The number of amides is 1. The topological polar surface area (TPSA) is 74.5 Å². The lowest BCUT2D eigenvalue weighted by atomic mass is 9.92. The summed E-state index contributed by atoms with van der Waals surface area (Å²) in [5, 5.41) is 15.2. The largest absolute Gasteiger partial charge is 0.386 e. The van der Waals surface area contributed by atoms with Gasteiger partial charge >= 0.3 is 0 Å². The minimum Gasteiger partial charge on any atom is -0.386 e. The van der Waals surface area contributed by atoms with E-state index in [2.05, 4.69) is 15.0 Å². The lowest BCUT2D eigenvalue weighted by Gasteiger charge is -2.41. The van der Waals surface area contributed by atoms with Gasteiger partial charge < -0.3 is 14.9 Å². The van der Waals surface area contributed by atoms with Gasteiger partial charge in [0.15, 0.2) is 0 Å². The number of carbonyl (C=O) groups is 1. The van der Waals surface area contributed by atoms with Gasteiger partial charge in [0.1, 0.15) is 5.82 Å². The second-order valence-corrected chi connectivity index (χ2v) is 7.06. The summed E-state index contributed by atoms with van der Waals surface area (Å²) in [4.78, 5) is 20.5. The number of β-amino-alcohol motifs (C(OH)–C–C–N with tert-alkyl or cyclic N) is 1. The maximum atomic E-state index is 12.4. The first-order chi connectivity index (χ1) is 12.6. The Balaban J connectivity index is 1.50. The fourth-order valence-corrected chi connectivity index (χ4v) is 3.52. The van der Waals surface area contributed by atoms with Crippen LogP contribution in [-0.2, 0) is 11.3 Å². The number of piperidine rings is 1. The number of pyridine rings is 1. The minimum atomic E-state index is -0.901. The lowest BCUT2D eigenvalue weighted by Crippen LogP contribution is -2.54.